The molecule has 2 aromatic heterocycles. The number of rotatable bonds is 11. The van der Waals surface area contributed by atoms with Crippen molar-refractivity contribution in [2.75, 3.05) is 32.5 Å². The van der Waals surface area contributed by atoms with Gasteiger partial charge in [0.1, 0.15) is 5.75 Å². The molecule has 0 amide bonds. The maximum Gasteiger partial charge on any atom is 0.309 e. The Bertz CT molecular complexity index is 1120. The maximum atomic E-state index is 12.4. The number of nitrogens with zero attached hydrogens (tertiary/aromatic N) is 2. The molecule has 9 heteroatoms. The van der Waals surface area contributed by atoms with E-state index in [1.54, 1.807) is 36.8 Å². The first-order valence-corrected chi connectivity index (χ1v) is 13.7. The van der Waals surface area contributed by atoms with Gasteiger partial charge in [0.15, 0.2) is 0 Å². The molecular weight excluding hydrogens is 484 g/mol. The molecule has 0 saturated carbocycles. The van der Waals surface area contributed by atoms with E-state index in [0.717, 1.165) is 25.4 Å². The Balaban J connectivity index is 1.42. The van der Waals surface area contributed by atoms with Crippen molar-refractivity contribution in [3.63, 3.8) is 0 Å². The number of carbonyl (C=O) groups is 1. The molecule has 0 spiro atoms. The molecule has 1 aliphatic heterocycles. The maximum absolute atomic E-state index is 12.4. The number of carboxylic acid groups (broad SMARTS) is 1. The zero-order chi connectivity index (χ0) is 24.8. The van der Waals surface area contributed by atoms with Crippen LogP contribution in [0, 0.1) is 5.41 Å². The van der Waals surface area contributed by atoms with E-state index in [1.165, 1.54) is 4.21 Å². The number of methoxy groups -OCH3 is 1. The zero-order valence-corrected chi connectivity index (χ0v) is 21.5. The molecule has 35 heavy (non-hydrogen) atoms. The summed E-state index contributed by atoms with van der Waals surface area (Å²) in [5.74, 6) is 0.831. The Morgan fingerprint density at radius 1 is 1.31 bits per heavy atom. The first-order valence-electron chi connectivity index (χ1n) is 11.8. The van der Waals surface area contributed by atoms with Gasteiger partial charge in [-0.3, -0.25) is 9.78 Å². The molecule has 0 aliphatic carbocycles. The van der Waals surface area contributed by atoms with Gasteiger partial charge < -0.3 is 25.0 Å². The molecule has 1 fully saturated rings. The molecule has 1 aromatic carbocycles. The monoisotopic (exact) mass is 516 g/mol. The molecule has 1 atom stereocenters. The number of likely N-dealkylation sites (tertiary alicyclic amines) is 1. The van der Waals surface area contributed by atoms with Gasteiger partial charge in [0.2, 0.25) is 0 Å². The lowest BCUT2D eigenvalue weighted by atomic mass is 9.74. The summed E-state index contributed by atoms with van der Waals surface area (Å²) >= 11 is 3.58. The largest absolute Gasteiger partial charge is 0.497 e. The van der Waals surface area contributed by atoms with Gasteiger partial charge >= 0.3 is 5.97 Å². The molecule has 1 saturated heterocycles. The summed E-state index contributed by atoms with van der Waals surface area (Å²) in [5, 5.41) is 34.0. The number of ether oxygens (including phenoxy) is 1. The van der Waals surface area contributed by atoms with Gasteiger partial charge in [-0.25, -0.2) is 0 Å². The number of hydrogen-bond donors (Lipinski definition) is 3. The Labute approximate surface area is 213 Å². The third kappa shape index (κ3) is 5.98. The summed E-state index contributed by atoms with van der Waals surface area (Å²) in [4.78, 5) is 19.1. The summed E-state index contributed by atoms with van der Waals surface area (Å²) in [7, 11) is 1.57. The van der Waals surface area contributed by atoms with Gasteiger partial charge in [-0.05, 0) is 74.0 Å². The van der Waals surface area contributed by atoms with Crippen LogP contribution in [0.2, 0.25) is 0 Å². The fraction of sp³-hybridized carbons (Fsp3) is 0.462. The van der Waals surface area contributed by atoms with Crippen LogP contribution >= 0.6 is 23.1 Å². The van der Waals surface area contributed by atoms with Crippen molar-refractivity contribution in [2.24, 2.45) is 5.41 Å². The van der Waals surface area contributed by atoms with Gasteiger partial charge in [0.25, 0.3) is 0 Å². The first-order chi connectivity index (χ1) is 17.0. The highest BCUT2D eigenvalue weighted by atomic mass is 32.2. The number of pyridine rings is 1. The average molecular weight is 517 g/mol. The Hall–Kier alpha value is -2.17. The third-order valence-electron chi connectivity index (χ3n) is 7.01. The van der Waals surface area contributed by atoms with Crippen molar-refractivity contribution >= 4 is 40.0 Å². The molecule has 7 nitrogen and oxygen atoms in total. The fourth-order valence-corrected chi connectivity index (χ4v) is 6.70. The molecule has 4 rings (SSSR count). The molecule has 3 heterocycles. The number of hydrogen-bond acceptors (Lipinski definition) is 8. The lowest BCUT2D eigenvalue weighted by molar-refractivity contribution is -0.153. The Morgan fingerprint density at radius 2 is 2.11 bits per heavy atom. The summed E-state index contributed by atoms with van der Waals surface area (Å²) in [6.45, 7) is 2.16. The lowest BCUT2D eigenvalue weighted by Gasteiger charge is -2.39. The van der Waals surface area contributed by atoms with Gasteiger partial charge in [0.05, 0.1) is 35.0 Å². The highest BCUT2D eigenvalue weighted by Crippen LogP contribution is 2.40. The van der Waals surface area contributed by atoms with Crippen LogP contribution in [0.15, 0.2) is 46.1 Å². The normalized spacial score (nSPS) is 16.9. The second-order valence-electron chi connectivity index (χ2n) is 9.00. The summed E-state index contributed by atoms with van der Waals surface area (Å²) in [5.41, 5.74) is 0.984. The smallest absolute Gasteiger partial charge is 0.309 e. The van der Waals surface area contributed by atoms with Crippen LogP contribution in [0.4, 0.5) is 0 Å². The number of thiophene rings is 1. The van der Waals surface area contributed by atoms with Crippen molar-refractivity contribution < 1.29 is 24.9 Å². The fourth-order valence-electron chi connectivity index (χ4n) is 4.83. The third-order valence-corrected chi connectivity index (χ3v) is 9.12. The van der Waals surface area contributed by atoms with Crippen molar-refractivity contribution in [1.82, 2.24) is 9.88 Å². The minimum Gasteiger partial charge on any atom is -0.497 e. The van der Waals surface area contributed by atoms with E-state index in [0.29, 0.717) is 53.5 Å². The van der Waals surface area contributed by atoms with Crippen LogP contribution < -0.4 is 4.74 Å². The highest BCUT2D eigenvalue weighted by Gasteiger charge is 2.41. The van der Waals surface area contributed by atoms with E-state index < -0.39 is 17.5 Å². The molecule has 0 unspecified atom stereocenters. The van der Waals surface area contributed by atoms with E-state index in [-0.39, 0.29) is 6.61 Å². The van der Waals surface area contributed by atoms with E-state index >= 15 is 0 Å². The number of carboxylic acids is 1. The predicted molar refractivity (Wildman–Crippen MR) is 139 cm³/mol. The number of aliphatic carboxylic acids is 1. The molecule has 1 aliphatic rings. The Morgan fingerprint density at radius 3 is 2.77 bits per heavy atom. The average Bonchev–Trinajstić information content (AvgIpc) is 3.40. The van der Waals surface area contributed by atoms with Crippen LogP contribution in [-0.2, 0) is 11.4 Å². The summed E-state index contributed by atoms with van der Waals surface area (Å²) in [6, 6.07) is 9.60. The number of piperidine rings is 1. The van der Waals surface area contributed by atoms with Crippen molar-refractivity contribution in [2.45, 2.75) is 42.6 Å². The van der Waals surface area contributed by atoms with E-state index in [1.807, 2.05) is 17.8 Å². The van der Waals surface area contributed by atoms with Crippen LogP contribution in [0.1, 0.15) is 42.9 Å². The van der Waals surface area contributed by atoms with E-state index in [4.69, 9.17) is 4.74 Å². The Kier molecular flexibility index (Phi) is 8.67. The molecule has 0 radical (unpaired) electrons. The number of thioether (sulfide) groups is 1. The summed E-state index contributed by atoms with van der Waals surface area (Å²) < 4.78 is 6.64. The molecule has 188 valence electrons. The van der Waals surface area contributed by atoms with Crippen molar-refractivity contribution in [3.05, 3.63) is 53.0 Å². The molecule has 0 bridgehead atoms. The highest BCUT2D eigenvalue weighted by molar-refractivity contribution is 8.01. The van der Waals surface area contributed by atoms with Crippen LogP contribution in [0.3, 0.4) is 0 Å². The lowest BCUT2D eigenvalue weighted by Crippen LogP contribution is -2.45. The minimum atomic E-state index is -0.911. The van der Waals surface area contributed by atoms with Crippen LogP contribution in [0.5, 0.6) is 5.75 Å². The molecule has 3 aromatic rings. The molecule has 3 N–H and O–H groups in total. The first kappa shape index (κ1) is 25.9. The van der Waals surface area contributed by atoms with Gasteiger partial charge in [-0.15, -0.1) is 23.1 Å². The quantitative estimate of drug-likeness (QED) is 0.319. The number of aliphatic hydroxyl groups is 2. The predicted octanol–water partition coefficient (Wildman–Crippen LogP) is 4.57. The van der Waals surface area contributed by atoms with Crippen molar-refractivity contribution in [3.8, 4) is 5.75 Å². The van der Waals surface area contributed by atoms with E-state index in [2.05, 4.69) is 27.4 Å². The number of aliphatic hydroxyl groups excluding tert-OH is 2. The van der Waals surface area contributed by atoms with Crippen LogP contribution in [-0.4, -0.2) is 63.7 Å². The topological polar surface area (TPSA) is 103 Å². The van der Waals surface area contributed by atoms with Gasteiger partial charge in [-0.1, -0.05) is 6.07 Å². The second-order valence-corrected chi connectivity index (χ2v) is 11.3. The van der Waals surface area contributed by atoms with Crippen molar-refractivity contribution in [1.29, 1.82) is 0 Å². The number of benzene rings is 1. The van der Waals surface area contributed by atoms with Crippen LogP contribution in [0.25, 0.3) is 10.9 Å². The zero-order valence-electron chi connectivity index (χ0n) is 19.9. The number of fused-ring (bicyclic) bond motifs is 1. The molecular formula is C26H32N2O5S2. The van der Waals surface area contributed by atoms with E-state index in [9.17, 15) is 20.1 Å². The standard InChI is InChI=1S/C26H32N2O5S2/c1-33-19-4-5-21-20(15-19)24(18(17-29)16-27-21)22(30)6-7-26(25(31)32)8-10-28(11-9-26)12-14-35-23-3-2-13-34-23/h2-5,13,15-16,22,29-30H,6-12,14,17H2,1H3,(H,31,32)/t22-/m1/s1. The van der Waals surface area contributed by atoms with Gasteiger partial charge in [-0.2, -0.15) is 0 Å². The SMILES string of the molecule is COc1ccc2ncc(CO)c([C@H](O)CCC3(C(=O)O)CCN(CCSc4cccs4)CC3)c2c1. The second kappa shape index (κ2) is 11.7. The number of aromatic nitrogens is 1. The van der Waals surface area contributed by atoms with Gasteiger partial charge in [0, 0.05) is 29.4 Å². The minimum absolute atomic E-state index is 0.255. The summed E-state index contributed by atoms with van der Waals surface area (Å²) in [6.07, 6.45) is 2.47.